The zero-order valence-electron chi connectivity index (χ0n) is 15.8. The number of anilines is 1. The van der Waals surface area contributed by atoms with E-state index in [2.05, 4.69) is 5.32 Å². The first-order valence-corrected chi connectivity index (χ1v) is 9.16. The lowest BCUT2D eigenvalue weighted by Crippen LogP contribution is -2.54. The third-order valence-electron chi connectivity index (χ3n) is 4.23. The van der Waals surface area contributed by atoms with Crippen LogP contribution < -0.4 is 24.4 Å². The fraction of sp³-hybridized carbons (Fsp3) is 0.150. The van der Waals surface area contributed by atoms with E-state index >= 15 is 0 Å². The van der Waals surface area contributed by atoms with Crippen molar-refractivity contribution in [2.75, 3.05) is 26.2 Å². The molecule has 150 valence electrons. The van der Waals surface area contributed by atoms with Crippen molar-refractivity contribution in [3.8, 4) is 17.2 Å². The average Bonchev–Trinajstić information content (AvgIpc) is 2.71. The van der Waals surface area contributed by atoms with Crippen molar-refractivity contribution < 1.29 is 23.8 Å². The van der Waals surface area contributed by atoms with E-state index in [1.165, 1.54) is 32.3 Å². The van der Waals surface area contributed by atoms with Crippen molar-refractivity contribution in [3.05, 3.63) is 52.6 Å². The molecule has 9 heteroatoms. The molecule has 1 heterocycles. The highest BCUT2D eigenvalue weighted by atomic mass is 35.5. The first kappa shape index (κ1) is 20.6. The quantitative estimate of drug-likeness (QED) is 0.444. The van der Waals surface area contributed by atoms with Gasteiger partial charge in [0.15, 0.2) is 16.6 Å². The fourth-order valence-electron chi connectivity index (χ4n) is 2.90. The number of hydrogen-bond acceptors (Lipinski definition) is 6. The van der Waals surface area contributed by atoms with E-state index in [0.717, 1.165) is 0 Å². The van der Waals surface area contributed by atoms with Gasteiger partial charge in [-0.1, -0.05) is 23.7 Å². The monoisotopic (exact) mass is 432 g/mol. The summed E-state index contributed by atoms with van der Waals surface area (Å²) in [4.78, 5) is 26.8. The highest BCUT2D eigenvalue weighted by Crippen LogP contribution is 2.41. The molecule has 0 spiro atoms. The van der Waals surface area contributed by atoms with Gasteiger partial charge in [-0.15, -0.1) is 0 Å². The molecule has 1 saturated heterocycles. The van der Waals surface area contributed by atoms with Gasteiger partial charge in [-0.25, -0.2) is 0 Å². The summed E-state index contributed by atoms with van der Waals surface area (Å²) < 4.78 is 16.0. The third kappa shape index (κ3) is 3.76. The minimum atomic E-state index is -0.625. The molecular formula is C20H17ClN2O5S. The molecule has 0 unspecified atom stereocenters. The Kier molecular flexibility index (Phi) is 6.05. The maximum absolute atomic E-state index is 13.1. The van der Waals surface area contributed by atoms with Crippen molar-refractivity contribution in [2.45, 2.75) is 0 Å². The van der Waals surface area contributed by atoms with Crippen molar-refractivity contribution in [2.24, 2.45) is 0 Å². The molecule has 2 aromatic rings. The molecule has 0 saturated carbocycles. The molecular weight excluding hydrogens is 416 g/mol. The van der Waals surface area contributed by atoms with Gasteiger partial charge >= 0.3 is 0 Å². The van der Waals surface area contributed by atoms with Crippen LogP contribution in [0, 0.1) is 0 Å². The van der Waals surface area contributed by atoms with Gasteiger partial charge in [-0.05, 0) is 42.6 Å². The Morgan fingerprint density at radius 1 is 1.00 bits per heavy atom. The summed E-state index contributed by atoms with van der Waals surface area (Å²) >= 11 is 11.4. The number of amides is 2. The van der Waals surface area contributed by atoms with Crippen molar-refractivity contribution in [1.82, 2.24) is 5.32 Å². The summed E-state index contributed by atoms with van der Waals surface area (Å²) in [5.41, 5.74) is 0.689. The number of hydrogen-bond donors (Lipinski definition) is 1. The van der Waals surface area contributed by atoms with Crippen LogP contribution >= 0.6 is 23.8 Å². The summed E-state index contributed by atoms with van der Waals surface area (Å²) in [6.45, 7) is 0. The molecule has 0 radical (unpaired) electrons. The second kappa shape index (κ2) is 8.50. The second-order valence-corrected chi connectivity index (χ2v) is 6.63. The van der Waals surface area contributed by atoms with Gasteiger partial charge in [-0.2, -0.15) is 0 Å². The summed E-state index contributed by atoms with van der Waals surface area (Å²) in [5, 5.41) is 2.79. The van der Waals surface area contributed by atoms with Crippen LogP contribution in [0.5, 0.6) is 17.2 Å². The van der Waals surface area contributed by atoms with Crippen LogP contribution in [0.25, 0.3) is 6.08 Å². The molecule has 1 aliphatic rings. The van der Waals surface area contributed by atoms with Gasteiger partial charge in [0.25, 0.3) is 11.8 Å². The Hall–Kier alpha value is -3.10. The van der Waals surface area contributed by atoms with Gasteiger partial charge in [0.05, 0.1) is 32.0 Å². The van der Waals surface area contributed by atoms with E-state index in [9.17, 15) is 9.59 Å². The normalized spacial score (nSPS) is 15.4. The number of ether oxygens (including phenoxy) is 3. The zero-order chi connectivity index (χ0) is 21.1. The average molecular weight is 433 g/mol. The van der Waals surface area contributed by atoms with Crippen LogP contribution in [0.4, 0.5) is 5.69 Å². The molecule has 3 rings (SSSR count). The van der Waals surface area contributed by atoms with Crippen molar-refractivity contribution >= 4 is 52.5 Å². The molecule has 29 heavy (non-hydrogen) atoms. The predicted molar refractivity (Wildman–Crippen MR) is 114 cm³/mol. The van der Waals surface area contributed by atoms with Crippen molar-refractivity contribution in [1.29, 1.82) is 0 Å². The van der Waals surface area contributed by atoms with E-state index in [-0.39, 0.29) is 10.7 Å². The number of methoxy groups -OCH3 is 3. The molecule has 1 fully saturated rings. The second-order valence-electron chi connectivity index (χ2n) is 5.83. The van der Waals surface area contributed by atoms with E-state index in [4.69, 9.17) is 38.0 Å². The maximum atomic E-state index is 13.1. The Morgan fingerprint density at radius 2 is 1.69 bits per heavy atom. The van der Waals surface area contributed by atoms with E-state index in [0.29, 0.717) is 33.5 Å². The Labute approximate surface area is 177 Å². The summed E-state index contributed by atoms with van der Waals surface area (Å²) in [6.07, 6.45) is 1.41. The summed E-state index contributed by atoms with van der Waals surface area (Å²) in [7, 11) is 4.41. The smallest absolute Gasteiger partial charge is 0.270 e. The summed E-state index contributed by atoms with van der Waals surface area (Å²) in [5.74, 6) is -0.127. The maximum Gasteiger partial charge on any atom is 0.270 e. The number of nitrogens with zero attached hydrogens (tertiary/aromatic N) is 1. The van der Waals surface area contributed by atoms with Crippen LogP contribution in [-0.2, 0) is 9.59 Å². The van der Waals surface area contributed by atoms with Gasteiger partial charge in [0.1, 0.15) is 5.57 Å². The Balaban J connectivity index is 2.12. The molecule has 0 bridgehead atoms. The van der Waals surface area contributed by atoms with Gasteiger partial charge in [0.2, 0.25) is 5.75 Å². The number of carbonyl (C=O) groups is 2. The molecule has 7 nitrogen and oxygen atoms in total. The molecule has 1 N–H and O–H groups in total. The predicted octanol–water partition coefficient (Wildman–Crippen LogP) is 3.20. The highest BCUT2D eigenvalue weighted by molar-refractivity contribution is 7.80. The molecule has 1 aliphatic heterocycles. The minimum Gasteiger partial charge on any atom is -0.493 e. The van der Waals surface area contributed by atoms with Gasteiger partial charge in [-0.3, -0.25) is 19.8 Å². The molecule has 0 atom stereocenters. The number of halogens is 1. The zero-order valence-corrected chi connectivity index (χ0v) is 17.4. The molecule has 2 aromatic carbocycles. The highest BCUT2D eigenvalue weighted by Gasteiger charge is 2.35. The van der Waals surface area contributed by atoms with Crippen LogP contribution in [0.2, 0.25) is 5.02 Å². The molecule has 0 aromatic heterocycles. The third-order valence-corrected chi connectivity index (χ3v) is 4.83. The lowest BCUT2D eigenvalue weighted by molar-refractivity contribution is -0.122. The number of carbonyl (C=O) groups excluding carboxylic acids is 2. The lowest BCUT2D eigenvalue weighted by Gasteiger charge is -2.29. The first-order chi connectivity index (χ1) is 13.9. The largest absolute Gasteiger partial charge is 0.493 e. The number of benzene rings is 2. The fourth-order valence-corrected chi connectivity index (χ4v) is 3.40. The first-order valence-electron chi connectivity index (χ1n) is 8.37. The van der Waals surface area contributed by atoms with Crippen LogP contribution in [-0.4, -0.2) is 38.3 Å². The topological polar surface area (TPSA) is 77.1 Å². The Morgan fingerprint density at radius 3 is 2.31 bits per heavy atom. The van der Waals surface area contributed by atoms with Crippen LogP contribution in [0.15, 0.2) is 42.0 Å². The number of rotatable bonds is 5. The standard InChI is InChI=1S/C20H17ClN2O5S/c1-26-15-9-8-11(16(27-2)17(15)28-3)10-12-18(24)22-20(29)23(19(12)25)14-7-5-4-6-13(14)21/h4-10H,1-3H3,(H,22,24,29)/b12-10+. The van der Waals surface area contributed by atoms with Crippen LogP contribution in [0.3, 0.4) is 0 Å². The van der Waals surface area contributed by atoms with Gasteiger partial charge < -0.3 is 14.2 Å². The lowest BCUT2D eigenvalue weighted by atomic mass is 10.1. The van der Waals surface area contributed by atoms with E-state index in [1.54, 1.807) is 36.4 Å². The minimum absolute atomic E-state index is 0.0514. The Bertz CT molecular complexity index is 1040. The van der Waals surface area contributed by atoms with E-state index < -0.39 is 11.8 Å². The molecule has 0 aliphatic carbocycles. The van der Waals surface area contributed by atoms with Gasteiger partial charge in [0, 0.05) is 5.56 Å². The molecule has 2 amide bonds. The number of para-hydroxylation sites is 1. The van der Waals surface area contributed by atoms with Crippen LogP contribution in [0.1, 0.15) is 5.56 Å². The number of thiocarbonyl (C=S) groups is 1. The number of nitrogens with one attached hydrogen (secondary N) is 1. The SMILES string of the molecule is COc1ccc(/C=C2\C(=O)NC(=S)N(c3ccccc3Cl)C2=O)c(OC)c1OC. The van der Waals surface area contributed by atoms with E-state index in [1.807, 2.05) is 0 Å². The van der Waals surface area contributed by atoms with Crippen molar-refractivity contribution in [3.63, 3.8) is 0 Å². The summed E-state index contributed by atoms with van der Waals surface area (Å²) in [6, 6.07) is 10.0.